The number of hydrogen-bond acceptors (Lipinski definition) is 4. The molecule has 0 aromatic rings. The van der Waals surface area contributed by atoms with E-state index in [1.54, 1.807) is 16.7 Å². The van der Waals surface area contributed by atoms with Crippen molar-refractivity contribution in [3.63, 3.8) is 0 Å². The van der Waals surface area contributed by atoms with Crippen molar-refractivity contribution in [2.24, 2.45) is 5.92 Å². The molecule has 2 saturated heterocycles. The van der Waals surface area contributed by atoms with Gasteiger partial charge >= 0.3 is 11.8 Å². The molecule has 2 unspecified atom stereocenters. The van der Waals surface area contributed by atoms with Crippen molar-refractivity contribution in [3.05, 3.63) is 0 Å². The quantitative estimate of drug-likeness (QED) is 0.738. The van der Waals surface area contributed by atoms with E-state index in [1.165, 1.54) is 0 Å². The predicted molar refractivity (Wildman–Crippen MR) is 84.3 cm³/mol. The maximum Gasteiger partial charge on any atom is 0.312 e. The summed E-state index contributed by atoms with van der Waals surface area (Å²) in [6.07, 6.45) is 1.60. The molecule has 0 radical (unpaired) electrons. The van der Waals surface area contributed by atoms with Gasteiger partial charge in [-0.1, -0.05) is 6.92 Å². The first kappa shape index (κ1) is 17.2. The van der Waals surface area contributed by atoms with Crippen molar-refractivity contribution in [2.45, 2.75) is 45.8 Å². The molecule has 0 bridgehead atoms. The van der Waals surface area contributed by atoms with Crippen molar-refractivity contribution in [3.8, 4) is 0 Å². The molecule has 2 heterocycles. The summed E-state index contributed by atoms with van der Waals surface area (Å²) >= 11 is 0. The highest BCUT2D eigenvalue weighted by molar-refractivity contribution is 6.35. The molecule has 2 rings (SSSR count). The summed E-state index contributed by atoms with van der Waals surface area (Å²) in [6.45, 7) is 9.91. The van der Waals surface area contributed by atoms with Crippen LogP contribution in [0, 0.1) is 5.92 Å². The van der Waals surface area contributed by atoms with Crippen LogP contribution in [0.25, 0.3) is 0 Å². The molecule has 6 nitrogen and oxygen atoms in total. The molecular weight excluding hydrogens is 282 g/mol. The molecule has 0 spiro atoms. The first-order chi connectivity index (χ1) is 10.4. The smallest absolute Gasteiger partial charge is 0.312 e. The Bertz CT molecular complexity index is 405. The van der Waals surface area contributed by atoms with Crippen molar-refractivity contribution in [2.75, 3.05) is 39.3 Å². The van der Waals surface area contributed by atoms with Gasteiger partial charge in [0.2, 0.25) is 0 Å². The zero-order valence-electron chi connectivity index (χ0n) is 14.0. The minimum atomic E-state index is -0.369. The highest BCUT2D eigenvalue weighted by Crippen LogP contribution is 2.17. The topological polar surface area (TPSA) is 64.1 Å². The summed E-state index contributed by atoms with van der Waals surface area (Å²) in [4.78, 5) is 30.4. The van der Waals surface area contributed by atoms with Crippen molar-refractivity contribution >= 4 is 11.8 Å². The number of amides is 2. The number of aliphatic hydroxyl groups is 1. The monoisotopic (exact) mass is 311 g/mol. The SMILES string of the molecule is CC(O)CN1CCN(C(=O)C(=O)N2CCC(C)CC2)C(C)C1. The highest BCUT2D eigenvalue weighted by atomic mass is 16.3. The van der Waals surface area contributed by atoms with Crippen LogP contribution in [0.4, 0.5) is 0 Å². The molecule has 2 amide bonds. The van der Waals surface area contributed by atoms with Crippen LogP contribution < -0.4 is 0 Å². The molecule has 0 saturated carbocycles. The van der Waals surface area contributed by atoms with Crippen LogP contribution in [0.3, 0.4) is 0 Å². The molecule has 0 aromatic heterocycles. The molecule has 2 atom stereocenters. The normalized spacial score (nSPS) is 26.1. The molecule has 0 aromatic carbocycles. The number of piperazine rings is 1. The average Bonchev–Trinajstić information content (AvgIpc) is 2.46. The van der Waals surface area contributed by atoms with Crippen LogP contribution in [0.1, 0.15) is 33.6 Å². The number of aliphatic hydroxyl groups excluding tert-OH is 1. The summed E-state index contributed by atoms with van der Waals surface area (Å²) in [5.41, 5.74) is 0. The van der Waals surface area contributed by atoms with E-state index in [2.05, 4.69) is 11.8 Å². The number of nitrogens with zero attached hydrogens (tertiary/aromatic N) is 3. The van der Waals surface area contributed by atoms with E-state index in [0.29, 0.717) is 45.2 Å². The minimum absolute atomic E-state index is 0.00710. The Hall–Kier alpha value is -1.14. The molecule has 2 aliphatic rings. The van der Waals surface area contributed by atoms with Crippen LogP contribution in [-0.2, 0) is 9.59 Å². The van der Waals surface area contributed by atoms with Crippen LogP contribution in [0.2, 0.25) is 0 Å². The van der Waals surface area contributed by atoms with Gasteiger partial charge in [-0.05, 0) is 32.6 Å². The highest BCUT2D eigenvalue weighted by Gasteiger charge is 2.34. The maximum atomic E-state index is 12.5. The van der Waals surface area contributed by atoms with E-state index in [-0.39, 0.29) is 24.0 Å². The Labute approximate surface area is 133 Å². The first-order valence-corrected chi connectivity index (χ1v) is 8.38. The fourth-order valence-corrected chi connectivity index (χ4v) is 3.34. The third-order valence-corrected chi connectivity index (χ3v) is 4.75. The summed E-state index contributed by atoms with van der Waals surface area (Å²) in [5.74, 6) is -0.0661. The fraction of sp³-hybridized carbons (Fsp3) is 0.875. The van der Waals surface area contributed by atoms with E-state index in [4.69, 9.17) is 0 Å². The third-order valence-electron chi connectivity index (χ3n) is 4.75. The van der Waals surface area contributed by atoms with Gasteiger partial charge in [-0.2, -0.15) is 0 Å². The lowest BCUT2D eigenvalue weighted by Crippen LogP contribution is -2.58. The summed E-state index contributed by atoms with van der Waals surface area (Å²) in [7, 11) is 0. The fourth-order valence-electron chi connectivity index (χ4n) is 3.34. The lowest BCUT2D eigenvalue weighted by Gasteiger charge is -2.41. The Morgan fingerprint density at radius 2 is 1.73 bits per heavy atom. The average molecular weight is 311 g/mol. The zero-order chi connectivity index (χ0) is 16.3. The second kappa shape index (κ2) is 7.42. The van der Waals surface area contributed by atoms with Gasteiger partial charge in [-0.25, -0.2) is 0 Å². The molecule has 2 aliphatic heterocycles. The van der Waals surface area contributed by atoms with Gasteiger partial charge in [0, 0.05) is 45.3 Å². The van der Waals surface area contributed by atoms with Crippen LogP contribution >= 0.6 is 0 Å². The Balaban J connectivity index is 1.88. The van der Waals surface area contributed by atoms with Gasteiger partial charge < -0.3 is 14.9 Å². The molecule has 22 heavy (non-hydrogen) atoms. The van der Waals surface area contributed by atoms with Gasteiger partial charge in [0.25, 0.3) is 0 Å². The second-order valence-electron chi connectivity index (χ2n) is 6.93. The third kappa shape index (κ3) is 4.20. The van der Waals surface area contributed by atoms with E-state index < -0.39 is 0 Å². The van der Waals surface area contributed by atoms with Crippen molar-refractivity contribution < 1.29 is 14.7 Å². The lowest BCUT2D eigenvalue weighted by molar-refractivity contribution is -0.155. The molecule has 126 valence electrons. The lowest BCUT2D eigenvalue weighted by atomic mass is 9.99. The number of likely N-dealkylation sites (tertiary alicyclic amines) is 1. The van der Waals surface area contributed by atoms with Crippen LogP contribution in [0.5, 0.6) is 0 Å². The number of rotatable bonds is 2. The number of hydrogen-bond donors (Lipinski definition) is 1. The molecule has 0 aliphatic carbocycles. The van der Waals surface area contributed by atoms with Crippen molar-refractivity contribution in [1.82, 2.24) is 14.7 Å². The van der Waals surface area contributed by atoms with E-state index in [0.717, 1.165) is 12.8 Å². The standard InChI is InChI=1S/C16H29N3O3/c1-12-4-6-18(7-5-12)15(21)16(22)19-9-8-17(10-13(19)2)11-14(3)20/h12-14,20H,4-11H2,1-3H3. The maximum absolute atomic E-state index is 12.5. The van der Waals surface area contributed by atoms with Gasteiger partial charge in [-0.15, -0.1) is 0 Å². The largest absolute Gasteiger partial charge is 0.392 e. The van der Waals surface area contributed by atoms with Gasteiger partial charge in [0.15, 0.2) is 0 Å². The van der Waals surface area contributed by atoms with E-state index in [1.807, 2.05) is 6.92 Å². The second-order valence-corrected chi connectivity index (χ2v) is 6.93. The van der Waals surface area contributed by atoms with E-state index in [9.17, 15) is 14.7 Å². The summed E-state index contributed by atoms with van der Waals surface area (Å²) < 4.78 is 0. The molecular formula is C16H29N3O3. The molecule has 6 heteroatoms. The molecule has 1 N–H and O–H groups in total. The first-order valence-electron chi connectivity index (χ1n) is 8.38. The Kier molecular flexibility index (Phi) is 5.81. The number of β-amino-alcohol motifs (C(OH)–C–C–N with tert-alkyl or cyclic N) is 1. The molecule has 2 fully saturated rings. The van der Waals surface area contributed by atoms with Gasteiger partial charge in [0.1, 0.15) is 0 Å². The predicted octanol–water partition coefficient (Wildman–Crippen LogP) is 0.158. The Morgan fingerprint density at radius 3 is 2.27 bits per heavy atom. The van der Waals surface area contributed by atoms with Crippen molar-refractivity contribution in [1.29, 1.82) is 0 Å². The van der Waals surface area contributed by atoms with Crippen LogP contribution in [-0.4, -0.2) is 83.0 Å². The van der Waals surface area contributed by atoms with E-state index >= 15 is 0 Å². The number of carbonyl (C=O) groups excluding carboxylic acids is 2. The number of carbonyl (C=O) groups is 2. The minimum Gasteiger partial charge on any atom is -0.392 e. The number of piperidine rings is 1. The Morgan fingerprint density at radius 1 is 1.09 bits per heavy atom. The summed E-state index contributed by atoms with van der Waals surface area (Å²) in [5, 5.41) is 9.46. The zero-order valence-corrected chi connectivity index (χ0v) is 14.0. The van der Waals surface area contributed by atoms with Crippen LogP contribution in [0.15, 0.2) is 0 Å². The summed E-state index contributed by atoms with van der Waals surface area (Å²) in [6, 6.07) is 0.00710. The van der Waals surface area contributed by atoms with Gasteiger partial charge in [-0.3, -0.25) is 14.5 Å². The van der Waals surface area contributed by atoms with Gasteiger partial charge in [0.05, 0.1) is 6.10 Å².